The molecule has 0 saturated carbocycles. The van der Waals surface area contributed by atoms with Crippen LogP contribution in [-0.4, -0.2) is 95.0 Å². The first-order valence-electron chi connectivity index (χ1n) is 12.7. The van der Waals surface area contributed by atoms with Crippen molar-refractivity contribution in [3.63, 3.8) is 0 Å². The van der Waals surface area contributed by atoms with Gasteiger partial charge in [-0.25, -0.2) is 4.79 Å². The third-order valence-electron chi connectivity index (χ3n) is 6.95. The molecule has 6 atom stereocenters. The largest absolute Gasteiger partial charge is 0.507 e. The van der Waals surface area contributed by atoms with Gasteiger partial charge in [0.2, 0.25) is 6.29 Å². The molecule has 3 aromatic carbocycles. The number of Topliss-reactive ketones (excluding diaryl/α,β-unsaturated/α-hetero) is 1. The van der Waals surface area contributed by atoms with E-state index in [0.29, 0.717) is 5.56 Å². The lowest BCUT2D eigenvalue weighted by atomic mass is 9.95. The van der Waals surface area contributed by atoms with Crippen LogP contribution in [0.25, 0.3) is 0 Å². The highest BCUT2D eigenvalue weighted by atomic mass is 16.7. The third-order valence-corrected chi connectivity index (χ3v) is 6.95. The summed E-state index contributed by atoms with van der Waals surface area (Å²) in [7, 11) is 0. The molecular formula is C28H26O15. The zero-order valence-electron chi connectivity index (χ0n) is 21.9. The fraction of sp³-hybridized carbons (Fsp3) is 0.286. The number of phenolic OH excluding ortho intramolecular Hbond substituents is 6. The Kier molecular flexibility index (Phi) is 7.81. The molecule has 9 N–H and O–H groups in total. The van der Waals surface area contributed by atoms with Gasteiger partial charge in [0.1, 0.15) is 59.9 Å². The standard InChI is InChI=1S/C28H26O15/c29-13-2-1-10(3-14(13)30)19-8-16(32)22-15(31)6-12(7-20(22)42-19)41-28-26(38)25(37)24(36)21(43-28)9-40-27(39)11-4-17(33)23(35)18(34)5-11/h1-7,19,21,24-26,28-31,33-38H,8-9H2/t19-,21?,24+,25-,26?,28+/m0/s1. The second kappa shape index (κ2) is 11.4. The number of fused-ring (bicyclic) bond motifs is 1. The Balaban J connectivity index is 1.31. The fourth-order valence-corrected chi connectivity index (χ4v) is 4.66. The van der Waals surface area contributed by atoms with Crippen molar-refractivity contribution in [3.05, 3.63) is 59.2 Å². The van der Waals surface area contributed by atoms with Crippen LogP contribution in [0.3, 0.4) is 0 Å². The van der Waals surface area contributed by atoms with Crippen LogP contribution in [0.1, 0.15) is 38.8 Å². The quantitative estimate of drug-likeness (QED) is 0.139. The Morgan fingerprint density at radius 2 is 1.51 bits per heavy atom. The molecule has 0 radical (unpaired) electrons. The van der Waals surface area contributed by atoms with Crippen molar-refractivity contribution < 1.29 is 74.5 Å². The van der Waals surface area contributed by atoms with Crippen molar-refractivity contribution >= 4 is 11.8 Å². The third kappa shape index (κ3) is 5.74. The van der Waals surface area contributed by atoms with E-state index < -0.39 is 83.9 Å². The Hall–Kier alpha value is -4.96. The van der Waals surface area contributed by atoms with Gasteiger partial charge in [0.05, 0.1) is 12.0 Å². The molecule has 1 fully saturated rings. The van der Waals surface area contributed by atoms with Crippen LogP contribution in [0.4, 0.5) is 0 Å². The van der Waals surface area contributed by atoms with E-state index in [9.17, 15) is 55.5 Å². The van der Waals surface area contributed by atoms with Crippen molar-refractivity contribution in [3.8, 4) is 46.0 Å². The van der Waals surface area contributed by atoms with Crippen LogP contribution in [0.15, 0.2) is 42.5 Å². The Bertz CT molecular complexity index is 1550. The minimum atomic E-state index is -1.85. The van der Waals surface area contributed by atoms with Crippen LogP contribution in [0.2, 0.25) is 0 Å². The summed E-state index contributed by atoms with van der Waals surface area (Å²) < 4.78 is 22.0. The summed E-state index contributed by atoms with van der Waals surface area (Å²) in [5.41, 5.74) is -0.145. The number of rotatable bonds is 6. The van der Waals surface area contributed by atoms with E-state index >= 15 is 0 Å². The van der Waals surface area contributed by atoms with Crippen LogP contribution < -0.4 is 9.47 Å². The molecule has 5 rings (SSSR count). The lowest BCUT2D eigenvalue weighted by molar-refractivity contribution is -0.277. The molecule has 0 amide bonds. The zero-order chi connectivity index (χ0) is 31.2. The number of phenols is 6. The van der Waals surface area contributed by atoms with Crippen LogP contribution in [0, 0.1) is 0 Å². The lowest BCUT2D eigenvalue weighted by Gasteiger charge is -2.40. The molecule has 2 aliphatic heterocycles. The van der Waals surface area contributed by atoms with Gasteiger partial charge in [-0.3, -0.25) is 4.79 Å². The molecule has 0 aliphatic carbocycles. The van der Waals surface area contributed by atoms with Gasteiger partial charge in [-0.05, 0) is 29.8 Å². The normalized spacial score (nSPS) is 25.0. The first kappa shape index (κ1) is 29.5. The maximum atomic E-state index is 12.8. The number of ketones is 1. The second-order valence-corrected chi connectivity index (χ2v) is 9.89. The summed E-state index contributed by atoms with van der Waals surface area (Å²) in [5.74, 6) is -5.65. The summed E-state index contributed by atoms with van der Waals surface area (Å²) in [6, 6.07) is 7.78. The van der Waals surface area contributed by atoms with Crippen LogP contribution >= 0.6 is 0 Å². The number of carbonyl (C=O) groups excluding carboxylic acids is 2. The molecule has 1 saturated heterocycles. The van der Waals surface area contributed by atoms with Gasteiger partial charge in [-0.1, -0.05) is 6.07 Å². The van der Waals surface area contributed by atoms with Crippen molar-refractivity contribution in [2.75, 3.05) is 6.61 Å². The summed E-state index contributed by atoms with van der Waals surface area (Å²) >= 11 is 0. The molecular weight excluding hydrogens is 576 g/mol. The first-order valence-corrected chi connectivity index (χ1v) is 12.7. The van der Waals surface area contributed by atoms with Gasteiger partial charge < -0.3 is 64.9 Å². The molecule has 0 aromatic heterocycles. The number of hydrogen-bond acceptors (Lipinski definition) is 15. The minimum absolute atomic E-state index is 0.111. The van der Waals surface area contributed by atoms with E-state index in [1.54, 1.807) is 0 Å². The Morgan fingerprint density at radius 1 is 0.814 bits per heavy atom. The fourth-order valence-electron chi connectivity index (χ4n) is 4.66. The van der Waals surface area contributed by atoms with Gasteiger partial charge in [-0.15, -0.1) is 0 Å². The van der Waals surface area contributed by atoms with E-state index in [2.05, 4.69) is 0 Å². The lowest BCUT2D eigenvalue weighted by Crippen LogP contribution is -2.60. The highest BCUT2D eigenvalue weighted by Crippen LogP contribution is 2.43. The van der Waals surface area contributed by atoms with Crippen LogP contribution in [-0.2, 0) is 9.47 Å². The topological polar surface area (TPSA) is 253 Å². The second-order valence-electron chi connectivity index (χ2n) is 9.89. The van der Waals surface area contributed by atoms with Gasteiger partial charge in [0.25, 0.3) is 0 Å². The highest BCUT2D eigenvalue weighted by molar-refractivity contribution is 6.02. The molecule has 2 aliphatic rings. The van der Waals surface area contributed by atoms with Gasteiger partial charge >= 0.3 is 5.97 Å². The average molecular weight is 603 g/mol. The molecule has 15 heteroatoms. The molecule has 2 heterocycles. The van der Waals surface area contributed by atoms with E-state index in [1.807, 2.05) is 0 Å². The number of ether oxygens (including phenoxy) is 4. The van der Waals surface area contributed by atoms with Gasteiger partial charge in [0, 0.05) is 12.1 Å². The molecule has 0 bridgehead atoms. The number of carbonyl (C=O) groups is 2. The first-order chi connectivity index (χ1) is 20.3. The number of hydrogen-bond donors (Lipinski definition) is 9. The Morgan fingerprint density at radius 3 is 2.19 bits per heavy atom. The van der Waals surface area contributed by atoms with E-state index in [1.165, 1.54) is 24.3 Å². The molecule has 15 nitrogen and oxygen atoms in total. The van der Waals surface area contributed by atoms with Crippen molar-refractivity contribution in [2.45, 2.75) is 43.2 Å². The number of aliphatic hydroxyl groups is 3. The maximum absolute atomic E-state index is 12.8. The number of aliphatic hydroxyl groups excluding tert-OH is 3. The summed E-state index contributed by atoms with van der Waals surface area (Å²) in [4.78, 5) is 25.2. The highest BCUT2D eigenvalue weighted by Gasteiger charge is 2.46. The predicted molar refractivity (Wildman–Crippen MR) is 139 cm³/mol. The van der Waals surface area contributed by atoms with Crippen molar-refractivity contribution in [1.82, 2.24) is 0 Å². The molecule has 3 aromatic rings. The average Bonchev–Trinajstić information content (AvgIpc) is 2.96. The van der Waals surface area contributed by atoms with E-state index in [0.717, 1.165) is 18.2 Å². The van der Waals surface area contributed by atoms with Gasteiger partial charge in [-0.2, -0.15) is 0 Å². The van der Waals surface area contributed by atoms with Gasteiger partial charge in [0.15, 0.2) is 34.5 Å². The Labute approximate surface area is 241 Å². The molecule has 0 spiro atoms. The number of esters is 1. The SMILES string of the molecule is O=C(OCC1O[C@@H](Oc2cc(O)c3c(c2)O[C@H](c2ccc(O)c(O)c2)CC3=O)C(O)[C@@H](O)[C@@H]1O)c1cc(O)c(O)c(O)c1. The zero-order valence-corrected chi connectivity index (χ0v) is 21.9. The maximum Gasteiger partial charge on any atom is 0.338 e. The number of aromatic hydroxyl groups is 6. The summed E-state index contributed by atoms with van der Waals surface area (Å²) in [6.07, 6.45) is -9.67. The molecule has 2 unspecified atom stereocenters. The van der Waals surface area contributed by atoms with Crippen LogP contribution in [0.5, 0.6) is 46.0 Å². The summed E-state index contributed by atoms with van der Waals surface area (Å²) in [5, 5.41) is 89.8. The number of benzene rings is 3. The monoisotopic (exact) mass is 602 g/mol. The molecule has 228 valence electrons. The van der Waals surface area contributed by atoms with E-state index in [-0.39, 0.29) is 34.8 Å². The minimum Gasteiger partial charge on any atom is -0.507 e. The molecule has 43 heavy (non-hydrogen) atoms. The summed E-state index contributed by atoms with van der Waals surface area (Å²) in [6.45, 7) is -0.694. The predicted octanol–water partition coefficient (Wildman–Crippen LogP) is 0.670. The van der Waals surface area contributed by atoms with E-state index in [4.69, 9.17) is 18.9 Å². The van der Waals surface area contributed by atoms with Crippen molar-refractivity contribution in [2.24, 2.45) is 0 Å². The smallest absolute Gasteiger partial charge is 0.338 e. The van der Waals surface area contributed by atoms with Crippen molar-refractivity contribution in [1.29, 1.82) is 0 Å².